The van der Waals surface area contributed by atoms with E-state index in [1.54, 1.807) is 0 Å². The van der Waals surface area contributed by atoms with Crippen LogP contribution in [0.5, 0.6) is 0 Å². The molecule has 0 fully saturated rings. The number of pyridine rings is 4. The third-order valence-corrected chi connectivity index (χ3v) is 8.45. The molecule has 0 bridgehead atoms. The average Bonchev–Trinajstić information content (AvgIpc) is 3.58. The molecule has 210 valence electrons. The van der Waals surface area contributed by atoms with Gasteiger partial charge in [0.05, 0.1) is 22.1 Å². The Bertz CT molecular complexity index is 2120. The highest BCUT2D eigenvalue weighted by atomic mass is 15.0. The van der Waals surface area contributed by atoms with E-state index in [1.807, 2.05) is 61.7 Å². The van der Waals surface area contributed by atoms with Crippen molar-refractivity contribution in [2.24, 2.45) is 0 Å². The van der Waals surface area contributed by atoms with Gasteiger partial charge in [-0.3, -0.25) is 19.9 Å². The molecule has 0 N–H and O–H groups in total. The van der Waals surface area contributed by atoms with Gasteiger partial charge >= 0.3 is 0 Å². The minimum Gasteiger partial charge on any atom is -0.309 e. The summed E-state index contributed by atoms with van der Waals surface area (Å²) in [6.45, 7) is 8.19. The second kappa shape index (κ2) is 10.4. The van der Waals surface area contributed by atoms with E-state index >= 15 is 0 Å². The largest absolute Gasteiger partial charge is 0.309 e. The Balaban J connectivity index is 1.31. The monoisotopic (exact) mass is 568 g/mol. The van der Waals surface area contributed by atoms with Gasteiger partial charge in [-0.2, -0.15) is 0 Å². The van der Waals surface area contributed by atoms with Crippen LogP contribution in [0.1, 0.15) is 11.1 Å². The van der Waals surface area contributed by atoms with Crippen LogP contribution < -0.4 is 0 Å². The van der Waals surface area contributed by atoms with Crippen molar-refractivity contribution in [1.29, 1.82) is 0 Å². The van der Waals surface area contributed by atoms with E-state index in [9.17, 15) is 0 Å². The van der Waals surface area contributed by atoms with Gasteiger partial charge in [0.15, 0.2) is 0 Å². The number of hydrogen-bond donors (Lipinski definition) is 0. The van der Waals surface area contributed by atoms with Crippen LogP contribution in [0.4, 0.5) is 0 Å². The van der Waals surface area contributed by atoms with E-state index in [-0.39, 0.29) is 0 Å². The maximum Gasteiger partial charge on any atom is 0.0572 e. The normalized spacial score (nSPS) is 11.5. The van der Waals surface area contributed by atoms with Gasteiger partial charge in [-0.1, -0.05) is 24.3 Å². The standard InChI is InChI=1S/C38H28N6/c1-3-5-25-19-27(43-35-11-15-39-21-31(35)32-22-40-16-12-36(32)43)7-9-29(25)30-10-8-28(20-26(30)6-4-2)44-37-13-17-41-23-33(37)34-24-42-18-14-38(34)44/h3-4,7-24H,1-2,5-6H2. The molecule has 0 aliphatic heterocycles. The predicted molar refractivity (Wildman–Crippen MR) is 180 cm³/mol. The Labute approximate surface area is 254 Å². The molecule has 6 nitrogen and oxygen atoms in total. The highest BCUT2D eigenvalue weighted by Crippen LogP contribution is 2.37. The van der Waals surface area contributed by atoms with E-state index < -0.39 is 0 Å². The molecule has 0 saturated heterocycles. The van der Waals surface area contributed by atoms with Crippen LogP contribution >= 0.6 is 0 Å². The zero-order chi connectivity index (χ0) is 29.6. The van der Waals surface area contributed by atoms with Crippen molar-refractivity contribution >= 4 is 43.6 Å². The Morgan fingerprint density at radius 3 is 1.14 bits per heavy atom. The molecule has 0 amide bonds. The number of aromatic nitrogens is 6. The summed E-state index contributed by atoms with van der Waals surface area (Å²) in [7, 11) is 0. The van der Waals surface area contributed by atoms with Gasteiger partial charge in [0, 0.05) is 82.5 Å². The maximum atomic E-state index is 4.39. The lowest BCUT2D eigenvalue weighted by molar-refractivity contribution is 1.14. The minimum absolute atomic E-state index is 0.742. The van der Waals surface area contributed by atoms with Gasteiger partial charge in [0.25, 0.3) is 0 Å². The zero-order valence-electron chi connectivity index (χ0n) is 24.1. The lowest BCUT2D eigenvalue weighted by Crippen LogP contribution is -2.00. The zero-order valence-corrected chi connectivity index (χ0v) is 24.1. The van der Waals surface area contributed by atoms with Gasteiger partial charge in [0.1, 0.15) is 0 Å². The summed E-state index contributed by atoms with van der Waals surface area (Å²) in [5.74, 6) is 0. The van der Waals surface area contributed by atoms with E-state index in [4.69, 9.17) is 0 Å². The molecular weight excluding hydrogens is 540 g/mol. The average molecular weight is 569 g/mol. The van der Waals surface area contributed by atoms with Crippen molar-refractivity contribution in [3.63, 3.8) is 0 Å². The second-order valence-corrected chi connectivity index (χ2v) is 10.9. The number of hydrogen-bond acceptors (Lipinski definition) is 4. The molecule has 0 unspecified atom stereocenters. The lowest BCUT2D eigenvalue weighted by atomic mass is 9.91. The molecule has 0 spiro atoms. The van der Waals surface area contributed by atoms with Crippen LogP contribution in [-0.2, 0) is 12.8 Å². The van der Waals surface area contributed by atoms with Gasteiger partial charge in [0.2, 0.25) is 0 Å². The molecule has 0 atom stereocenters. The molecule has 8 rings (SSSR count). The third kappa shape index (κ3) is 3.96. The van der Waals surface area contributed by atoms with Crippen molar-refractivity contribution in [2.75, 3.05) is 0 Å². The van der Waals surface area contributed by atoms with E-state index in [0.717, 1.165) is 67.8 Å². The van der Waals surface area contributed by atoms with Crippen molar-refractivity contribution in [2.45, 2.75) is 12.8 Å². The number of fused-ring (bicyclic) bond motifs is 6. The van der Waals surface area contributed by atoms with Crippen LogP contribution in [0.25, 0.3) is 66.1 Å². The summed E-state index contributed by atoms with van der Waals surface area (Å²) in [6.07, 6.45) is 20.5. The summed E-state index contributed by atoms with van der Waals surface area (Å²) >= 11 is 0. The fraction of sp³-hybridized carbons (Fsp3) is 0.0526. The molecule has 6 aromatic heterocycles. The number of allylic oxidation sites excluding steroid dienone is 2. The van der Waals surface area contributed by atoms with Crippen LogP contribution in [-0.4, -0.2) is 29.1 Å². The summed E-state index contributed by atoms with van der Waals surface area (Å²) in [4.78, 5) is 17.5. The van der Waals surface area contributed by atoms with Gasteiger partial charge < -0.3 is 9.13 Å². The first-order valence-corrected chi connectivity index (χ1v) is 14.6. The van der Waals surface area contributed by atoms with Crippen LogP contribution in [0, 0.1) is 0 Å². The second-order valence-electron chi connectivity index (χ2n) is 10.9. The predicted octanol–water partition coefficient (Wildman–Crippen LogP) is 8.58. The summed E-state index contributed by atoms with van der Waals surface area (Å²) in [5.41, 5.74) is 11.4. The molecular formula is C38H28N6. The van der Waals surface area contributed by atoms with Crippen molar-refractivity contribution < 1.29 is 0 Å². The Morgan fingerprint density at radius 2 is 0.818 bits per heavy atom. The smallest absolute Gasteiger partial charge is 0.0572 e. The van der Waals surface area contributed by atoms with E-state index in [2.05, 4.69) is 103 Å². The molecule has 44 heavy (non-hydrogen) atoms. The molecule has 2 aromatic carbocycles. The molecule has 0 aliphatic carbocycles. The summed E-state index contributed by atoms with van der Waals surface area (Å²) < 4.78 is 4.59. The van der Waals surface area contributed by atoms with Gasteiger partial charge in [-0.15, -0.1) is 13.2 Å². The fourth-order valence-corrected chi connectivity index (χ4v) is 6.59. The van der Waals surface area contributed by atoms with Gasteiger partial charge in [-0.25, -0.2) is 0 Å². The Hall–Kier alpha value is -5.88. The van der Waals surface area contributed by atoms with Crippen LogP contribution in [0.15, 0.2) is 136 Å². The van der Waals surface area contributed by atoms with E-state index in [1.165, 1.54) is 22.3 Å². The van der Waals surface area contributed by atoms with Gasteiger partial charge in [-0.05, 0) is 83.6 Å². The number of rotatable bonds is 7. The number of nitrogens with zero attached hydrogens (tertiary/aromatic N) is 6. The van der Waals surface area contributed by atoms with Crippen molar-refractivity contribution in [3.8, 4) is 22.5 Å². The number of benzene rings is 2. The quantitative estimate of drug-likeness (QED) is 0.181. The summed E-state index contributed by atoms with van der Waals surface area (Å²) in [5, 5.41) is 4.35. The Kier molecular flexibility index (Phi) is 6.12. The minimum atomic E-state index is 0.742. The fourth-order valence-electron chi connectivity index (χ4n) is 6.59. The van der Waals surface area contributed by atoms with E-state index in [0.29, 0.717) is 0 Å². The first kappa shape index (κ1) is 25.8. The Morgan fingerprint density at radius 1 is 0.477 bits per heavy atom. The molecule has 6 heterocycles. The maximum absolute atomic E-state index is 4.39. The summed E-state index contributed by atoms with van der Waals surface area (Å²) in [6, 6.07) is 21.7. The first-order valence-electron chi connectivity index (χ1n) is 14.6. The SMILES string of the molecule is C=CCc1cc(-n2c3ccncc3c3cnccc32)ccc1-c1ccc(-n2c3ccncc3c3cnccc32)cc1CC=C. The van der Waals surface area contributed by atoms with Crippen LogP contribution in [0.2, 0.25) is 0 Å². The molecule has 0 aliphatic rings. The first-order chi connectivity index (χ1) is 21.8. The highest BCUT2D eigenvalue weighted by Gasteiger charge is 2.17. The molecule has 6 heteroatoms. The molecule has 0 radical (unpaired) electrons. The van der Waals surface area contributed by atoms with Crippen LogP contribution in [0.3, 0.4) is 0 Å². The molecule has 8 aromatic rings. The molecule has 0 saturated carbocycles. The van der Waals surface area contributed by atoms with Crippen molar-refractivity contribution in [3.05, 3.63) is 147 Å². The third-order valence-electron chi connectivity index (χ3n) is 8.45. The van der Waals surface area contributed by atoms with Crippen molar-refractivity contribution in [1.82, 2.24) is 29.1 Å². The highest BCUT2D eigenvalue weighted by molar-refractivity contribution is 6.09. The topological polar surface area (TPSA) is 61.4 Å². The lowest BCUT2D eigenvalue weighted by Gasteiger charge is -2.18.